The highest BCUT2D eigenvalue weighted by Crippen LogP contribution is 2.31. The molecule has 1 N–H and O–H groups in total. The van der Waals surface area contributed by atoms with Crippen LogP contribution >= 0.6 is 15.9 Å². The number of hydrogen-bond acceptors (Lipinski definition) is 3. The smallest absolute Gasteiger partial charge is 0.157 e. The molecule has 0 amide bonds. The Morgan fingerprint density at radius 3 is 2.50 bits per heavy atom. The van der Waals surface area contributed by atoms with Gasteiger partial charge >= 0.3 is 0 Å². The number of fused-ring (bicyclic) bond motifs is 1. The molecule has 0 aliphatic heterocycles. The lowest BCUT2D eigenvalue weighted by atomic mass is 9.82. The summed E-state index contributed by atoms with van der Waals surface area (Å²) in [7, 11) is 0. The van der Waals surface area contributed by atoms with Crippen molar-refractivity contribution in [2.24, 2.45) is 5.41 Å². The van der Waals surface area contributed by atoms with Crippen molar-refractivity contribution in [1.29, 1.82) is 0 Å². The Bertz CT molecular complexity index is 623. The van der Waals surface area contributed by atoms with E-state index in [9.17, 15) is 0 Å². The first-order chi connectivity index (χ1) is 9.07. The fourth-order valence-electron chi connectivity index (χ4n) is 2.89. The Balaban J connectivity index is 2.38. The van der Waals surface area contributed by atoms with Crippen molar-refractivity contribution in [3.63, 3.8) is 0 Å². The third kappa shape index (κ3) is 3.51. The number of anilines is 1. The van der Waals surface area contributed by atoms with Crippen LogP contribution in [0.15, 0.2) is 17.0 Å². The number of halogens is 1. The van der Waals surface area contributed by atoms with E-state index in [1.54, 1.807) is 6.20 Å². The number of imidazole rings is 1. The first kappa shape index (κ1) is 15.3. The van der Waals surface area contributed by atoms with Gasteiger partial charge in [0.05, 0.1) is 11.9 Å². The van der Waals surface area contributed by atoms with Crippen LogP contribution in [0.25, 0.3) is 5.65 Å². The molecule has 110 valence electrons. The minimum Gasteiger partial charge on any atom is -0.365 e. The highest BCUT2D eigenvalue weighted by molar-refractivity contribution is 9.10. The van der Waals surface area contributed by atoms with Gasteiger partial charge in [0.15, 0.2) is 5.65 Å². The quantitative estimate of drug-likeness (QED) is 0.900. The molecule has 0 atom stereocenters. The molecule has 0 spiro atoms. The van der Waals surface area contributed by atoms with Crippen LogP contribution in [0.3, 0.4) is 0 Å². The fourth-order valence-corrected chi connectivity index (χ4v) is 3.20. The van der Waals surface area contributed by atoms with Crippen LogP contribution < -0.4 is 5.32 Å². The average molecular weight is 339 g/mol. The molecule has 0 aromatic carbocycles. The summed E-state index contributed by atoms with van der Waals surface area (Å²) in [6.07, 6.45) is 4.79. The van der Waals surface area contributed by atoms with Crippen LogP contribution in [0.1, 0.15) is 46.7 Å². The molecule has 20 heavy (non-hydrogen) atoms. The van der Waals surface area contributed by atoms with Gasteiger partial charge in [-0.15, -0.1) is 0 Å². The SMILES string of the molecule is Cc1nc2cnc(Br)cn2c1NC(C)(C)CC(C)(C)C. The van der Waals surface area contributed by atoms with Crippen LogP contribution in [0.5, 0.6) is 0 Å². The van der Waals surface area contributed by atoms with E-state index in [0.717, 1.165) is 28.2 Å². The molecule has 2 rings (SSSR count). The molecule has 0 saturated carbocycles. The molecule has 2 aromatic rings. The summed E-state index contributed by atoms with van der Waals surface area (Å²) in [6, 6.07) is 0. The number of rotatable bonds is 3. The van der Waals surface area contributed by atoms with E-state index >= 15 is 0 Å². The van der Waals surface area contributed by atoms with Gasteiger partial charge in [0.2, 0.25) is 0 Å². The summed E-state index contributed by atoms with van der Waals surface area (Å²) in [5.41, 5.74) is 2.12. The van der Waals surface area contributed by atoms with E-state index in [0.29, 0.717) is 0 Å². The number of aryl methyl sites for hydroxylation is 1. The summed E-state index contributed by atoms with van der Waals surface area (Å²) < 4.78 is 2.86. The first-order valence-electron chi connectivity index (χ1n) is 6.86. The Morgan fingerprint density at radius 1 is 1.25 bits per heavy atom. The largest absolute Gasteiger partial charge is 0.365 e. The lowest BCUT2D eigenvalue weighted by molar-refractivity contribution is 0.302. The van der Waals surface area contributed by atoms with Crippen molar-refractivity contribution in [1.82, 2.24) is 14.4 Å². The van der Waals surface area contributed by atoms with Gasteiger partial charge in [0.25, 0.3) is 0 Å². The third-order valence-electron chi connectivity index (χ3n) is 3.08. The summed E-state index contributed by atoms with van der Waals surface area (Å²) in [4.78, 5) is 8.78. The van der Waals surface area contributed by atoms with Gasteiger partial charge in [-0.25, -0.2) is 9.97 Å². The van der Waals surface area contributed by atoms with Crippen molar-refractivity contribution >= 4 is 27.4 Å². The van der Waals surface area contributed by atoms with E-state index in [1.807, 2.05) is 13.1 Å². The topological polar surface area (TPSA) is 42.2 Å². The molecule has 0 aliphatic rings. The Kier molecular flexibility index (Phi) is 3.84. The van der Waals surface area contributed by atoms with Crippen molar-refractivity contribution in [2.75, 3.05) is 5.32 Å². The highest BCUT2D eigenvalue weighted by atomic mass is 79.9. The fraction of sp³-hybridized carbons (Fsp3) is 0.600. The van der Waals surface area contributed by atoms with Gasteiger partial charge in [-0.1, -0.05) is 20.8 Å². The normalized spacial score (nSPS) is 12.9. The molecule has 0 saturated heterocycles. The summed E-state index contributed by atoms with van der Waals surface area (Å²) in [6.45, 7) is 13.3. The van der Waals surface area contributed by atoms with E-state index in [2.05, 4.69) is 70.2 Å². The van der Waals surface area contributed by atoms with Crippen LogP contribution in [-0.2, 0) is 0 Å². The summed E-state index contributed by atoms with van der Waals surface area (Å²) in [5, 5.41) is 3.65. The monoisotopic (exact) mass is 338 g/mol. The molecule has 2 heterocycles. The van der Waals surface area contributed by atoms with Gasteiger partial charge in [0, 0.05) is 11.7 Å². The van der Waals surface area contributed by atoms with Crippen LogP contribution in [-0.4, -0.2) is 19.9 Å². The minimum absolute atomic E-state index is 0.00524. The third-order valence-corrected chi connectivity index (χ3v) is 3.49. The van der Waals surface area contributed by atoms with Crippen LogP contribution in [0, 0.1) is 12.3 Å². The second kappa shape index (κ2) is 5.02. The Labute approximate surface area is 129 Å². The van der Waals surface area contributed by atoms with E-state index < -0.39 is 0 Å². The molecule has 5 heteroatoms. The second-order valence-electron chi connectivity index (χ2n) is 7.23. The van der Waals surface area contributed by atoms with Gasteiger partial charge in [-0.2, -0.15) is 0 Å². The highest BCUT2D eigenvalue weighted by Gasteiger charge is 2.27. The summed E-state index contributed by atoms with van der Waals surface area (Å²) >= 11 is 3.42. The van der Waals surface area contributed by atoms with E-state index in [1.165, 1.54) is 0 Å². The van der Waals surface area contributed by atoms with Crippen molar-refractivity contribution in [2.45, 2.75) is 53.5 Å². The van der Waals surface area contributed by atoms with Gasteiger partial charge < -0.3 is 5.32 Å². The molecule has 2 aromatic heterocycles. The van der Waals surface area contributed by atoms with Crippen molar-refractivity contribution in [3.05, 3.63) is 22.7 Å². The second-order valence-corrected chi connectivity index (χ2v) is 8.04. The minimum atomic E-state index is -0.00524. The first-order valence-corrected chi connectivity index (χ1v) is 7.65. The lowest BCUT2D eigenvalue weighted by Crippen LogP contribution is -2.36. The van der Waals surface area contributed by atoms with E-state index in [-0.39, 0.29) is 11.0 Å². The number of aromatic nitrogens is 3. The summed E-state index contributed by atoms with van der Waals surface area (Å²) in [5.74, 6) is 1.04. The molecule has 0 unspecified atom stereocenters. The maximum atomic E-state index is 4.55. The molecule has 4 nitrogen and oxygen atoms in total. The van der Waals surface area contributed by atoms with Crippen LogP contribution in [0.4, 0.5) is 5.82 Å². The zero-order valence-corrected chi connectivity index (χ0v) is 14.7. The number of nitrogens with one attached hydrogen (secondary N) is 1. The lowest BCUT2D eigenvalue weighted by Gasteiger charge is -2.34. The molecule has 0 aliphatic carbocycles. The van der Waals surface area contributed by atoms with Crippen LogP contribution in [0.2, 0.25) is 0 Å². The average Bonchev–Trinajstić information content (AvgIpc) is 2.52. The number of nitrogens with zero attached hydrogens (tertiary/aromatic N) is 3. The molecule has 0 fully saturated rings. The van der Waals surface area contributed by atoms with Gasteiger partial charge in [-0.05, 0) is 48.5 Å². The maximum absolute atomic E-state index is 4.55. The zero-order valence-electron chi connectivity index (χ0n) is 13.1. The standard InChI is InChI=1S/C15H23BrN4/c1-10-13(19-15(5,6)9-14(2,3)4)20-8-11(16)17-7-12(20)18-10/h7-8,19H,9H2,1-6H3. The van der Waals surface area contributed by atoms with Crippen molar-refractivity contribution < 1.29 is 0 Å². The van der Waals surface area contributed by atoms with Gasteiger partial charge in [-0.3, -0.25) is 4.40 Å². The van der Waals surface area contributed by atoms with Crippen molar-refractivity contribution in [3.8, 4) is 0 Å². The number of hydrogen-bond donors (Lipinski definition) is 1. The Morgan fingerprint density at radius 2 is 1.90 bits per heavy atom. The maximum Gasteiger partial charge on any atom is 0.157 e. The molecular weight excluding hydrogens is 316 g/mol. The molecule has 0 bridgehead atoms. The molecular formula is C15H23BrN4. The zero-order chi connectivity index (χ0) is 15.1. The van der Waals surface area contributed by atoms with Gasteiger partial charge in [0.1, 0.15) is 10.4 Å². The molecule has 0 radical (unpaired) electrons. The predicted molar refractivity (Wildman–Crippen MR) is 87.2 cm³/mol. The Hall–Kier alpha value is -1.10. The van der Waals surface area contributed by atoms with E-state index in [4.69, 9.17) is 0 Å². The predicted octanol–water partition coefficient (Wildman–Crippen LogP) is 4.43.